The quantitative estimate of drug-likeness (QED) is 0.639. The van der Waals surface area contributed by atoms with Gasteiger partial charge < -0.3 is 14.8 Å². The largest absolute Gasteiger partial charge is 0.496 e. The lowest BCUT2D eigenvalue weighted by Crippen LogP contribution is -2.34. The molecule has 6 heteroatoms. The molecule has 0 unspecified atom stereocenters. The van der Waals surface area contributed by atoms with Gasteiger partial charge in [-0.15, -0.1) is 0 Å². The molecule has 1 atom stereocenters. The molecule has 0 radical (unpaired) electrons. The van der Waals surface area contributed by atoms with Crippen LogP contribution in [0.3, 0.4) is 0 Å². The molecule has 1 amide bonds. The van der Waals surface area contributed by atoms with Crippen LogP contribution in [0.1, 0.15) is 24.8 Å². The summed E-state index contributed by atoms with van der Waals surface area (Å²) < 4.78 is 10.7. The highest BCUT2D eigenvalue weighted by Gasteiger charge is 2.34. The van der Waals surface area contributed by atoms with Crippen LogP contribution in [0.2, 0.25) is 0 Å². The molecule has 124 valence electrons. The van der Waals surface area contributed by atoms with Crippen molar-refractivity contribution in [2.75, 3.05) is 25.7 Å². The Hall–Kier alpha value is -1.95. The summed E-state index contributed by atoms with van der Waals surface area (Å²) in [7, 11) is 1.58. The van der Waals surface area contributed by atoms with Crippen molar-refractivity contribution < 1.29 is 19.1 Å². The summed E-state index contributed by atoms with van der Waals surface area (Å²) in [6, 6.07) is 7.44. The van der Waals surface area contributed by atoms with Crippen LogP contribution in [0.15, 0.2) is 35.5 Å². The summed E-state index contributed by atoms with van der Waals surface area (Å²) in [5, 5.41) is 2.73. The van der Waals surface area contributed by atoms with Crippen molar-refractivity contribution in [1.29, 1.82) is 0 Å². The fourth-order valence-electron chi connectivity index (χ4n) is 2.69. The number of methoxy groups -OCH3 is 1. The van der Waals surface area contributed by atoms with Gasteiger partial charge >= 0.3 is 5.97 Å². The third kappa shape index (κ3) is 4.07. The zero-order valence-electron chi connectivity index (χ0n) is 13.5. The maximum absolute atomic E-state index is 12.5. The summed E-state index contributed by atoms with van der Waals surface area (Å²) in [5.74, 6) is 0.548. The molecule has 0 aromatic heterocycles. The van der Waals surface area contributed by atoms with Crippen molar-refractivity contribution >= 4 is 23.6 Å². The molecule has 0 aliphatic carbocycles. The van der Waals surface area contributed by atoms with E-state index in [1.807, 2.05) is 30.5 Å². The van der Waals surface area contributed by atoms with Crippen molar-refractivity contribution in [3.8, 4) is 5.75 Å². The van der Waals surface area contributed by atoms with Gasteiger partial charge in [-0.25, -0.2) is 4.79 Å². The second-order valence-electron chi connectivity index (χ2n) is 5.21. The Bertz CT molecular complexity index is 627. The summed E-state index contributed by atoms with van der Waals surface area (Å²) >= 11 is 1.61. The van der Waals surface area contributed by atoms with Crippen LogP contribution in [-0.4, -0.2) is 37.6 Å². The third-order valence-corrected chi connectivity index (χ3v) is 4.30. The maximum Gasteiger partial charge on any atom is 0.336 e. The zero-order valence-corrected chi connectivity index (χ0v) is 14.4. The number of hydrogen-bond donors (Lipinski definition) is 1. The Kier molecular flexibility index (Phi) is 6.10. The van der Waals surface area contributed by atoms with E-state index >= 15 is 0 Å². The van der Waals surface area contributed by atoms with Crippen LogP contribution < -0.4 is 10.1 Å². The van der Waals surface area contributed by atoms with E-state index in [-0.39, 0.29) is 24.2 Å². The average molecular weight is 335 g/mol. The van der Waals surface area contributed by atoms with Crippen LogP contribution in [0.4, 0.5) is 0 Å². The number of allylic oxidation sites excluding steroid dienone is 1. The number of carbonyl (C=O) groups excluding carboxylic acids is 2. The third-order valence-electron chi connectivity index (χ3n) is 3.72. The van der Waals surface area contributed by atoms with E-state index in [1.165, 1.54) is 0 Å². The molecular formula is C17H21NO4S. The normalized spacial score (nSPS) is 17.7. The summed E-state index contributed by atoms with van der Waals surface area (Å²) in [6.07, 6.45) is 2.15. The van der Waals surface area contributed by atoms with Gasteiger partial charge in [0.2, 0.25) is 5.91 Å². The van der Waals surface area contributed by atoms with Crippen molar-refractivity contribution in [3.05, 3.63) is 41.1 Å². The number of carbonyl (C=O) groups is 2. The van der Waals surface area contributed by atoms with Crippen LogP contribution >= 0.6 is 11.8 Å². The molecule has 0 bridgehead atoms. The van der Waals surface area contributed by atoms with Gasteiger partial charge in [0, 0.05) is 29.4 Å². The van der Waals surface area contributed by atoms with Gasteiger partial charge in [-0.1, -0.05) is 18.2 Å². The fraction of sp³-hybridized carbons (Fsp3) is 0.412. The molecule has 1 aromatic carbocycles. The van der Waals surface area contributed by atoms with Gasteiger partial charge in [0.1, 0.15) is 12.4 Å². The monoisotopic (exact) mass is 335 g/mol. The average Bonchev–Trinajstić information content (AvgIpc) is 2.54. The maximum atomic E-state index is 12.5. The van der Waals surface area contributed by atoms with Gasteiger partial charge in [0.05, 0.1) is 12.7 Å². The minimum absolute atomic E-state index is 0.112. The molecule has 1 aromatic rings. The Morgan fingerprint density at radius 1 is 1.39 bits per heavy atom. The van der Waals surface area contributed by atoms with Crippen molar-refractivity contribution in [3.63, 3.8) is 0 Å². The molecule has 23 heavy (non-hydrogen) atoms. The van der Waals surface area contributed by atoms with E-state index in [9.17, 15) is 9.59 Å². The van der Waals surface area contributed by atoms with E-state index in [4.69, 9.17) is 9.47 Å². The Morgan fingerprint density at radius 2 is 2.13 bits per heavy atom. The minimum Gasteiger partial charge on any atom is -0.496 e. The fourth-order valence-corrected chi connectivity index (χ4v) is 2.94. The molecule has 0 saturated carbocycles. The first-order valence-electron chi connectivity index (χ1n) is 7.38. The molecule has 2 rings (SSSR count). The SMILES string of the molecule is COc1ccccc1[C@@H]1CC(=O)NC(C)=C1C(=O)OCCSC. The highest BCUT2D eigenvalue weighted by Crippen LogP contribution is 2.38. The number of ether oxygens (including phenoxy) is 2. The molecule has 1 N–H and O–H groups in total. The van der Waals surface area contributed by atoms with Crippen molar-refractivity contribution in [2.24, 2.45) is 0 Å². The van der Waals surface area contributed by atoms with E-state index in [0.29, 0.717) is 23.6 Å². The first-order valence-corrected chi connectivity index (χ1v) is 8.77. The van der Waals surface area contributed by atoms with Gasteiger partial charge in [-0.3, -0.25) is 4.79 Å². The van der Waals surface area contributed by atoms with Crippen molar-refractivity contribution in [2.45, 2.75) is 19.3 Å². The molecule has 0 spiro atoms. The predicted molar refractivity (Wildman–Crippen MR) is 90.5 cm³/mol. The molecule has 5 nitrogen and oxygen atoms in total. The van der Waals surface area contributed by atoms with Gasteiger partial charge in [0.15, 0.2) is 0 Å². The number of benzene rings is 1. The predicted octanol–water partition coefficient (Wildman–Crippen LogP) is 2.48. The lowest BCUT2D eigenvalue weighted by Gasteiger charge is -2.27. The summed E-state index contributed by atoms with van der Waals surface area (Å²) in [4.78, 5) is 24.4. The lowest BCUT2D eigenvalue weighted by atomic mass is 9.84. The van der Waals surface area contributed by atoms with E-state index < -0.39 is 0 Å². The molecule has 1 heterocycles. The van der Waals surface area contributed by atoms with Crippen LogP contribution in [0.5, 0.6) is 5.75 Å². The van der Waals surface area contributed by atoms with E-state index in [1.54, 1.807) is 25.8 Å². The number of hydrogen-bond acceptors (Lipinski definition) is 5. The molecule has 0 saturated heterocycles. The molecule has 0 fully saturated rings. The zero-order chi connectivity index (χ0) is 16.8. The number of esters is 1. The second-order valence-corrected chi connectivity index (χ2v) is 6.20. The van der Waals surface area contributed by atoms with Crippen LogP contribution in [0.25, 0.3) is 0 Å². The Morgan fingerprint density at radius 3 is 2.83 bits per heavy atom. The first kappa shape index (κ1) is 17.4. The lowest BCUT2D eigenvalue weighted by molar-refractivity contribution is -0.139. The van der Waals surface area contributed by atoms with Crippen LogP contribution in [-0.2, 0) is 14.3 Å². The number of nitrogens with one attached hydrogen (secondary N) is 1. The van der Waals surface area contributed by atoms with Crippen LogP contribution in [0, 0.1) is 0 Å². The number of rotatable bonds is 6. The molecular weight excluding hydrogens is 314 g/mol. The number of thioether (sulfide) groups is 1. The topological polar surface area (TPSA) is 64.6 Å². The smallest absolute Gasteiger partial charge is 0.336 e. The second kappa shape index (κ2) is 8.06. The van der Waals surface area contributed by atoms with E-state index in [2.05, 4.69) is 5.32 Å². The highest BCUT2D eigenvalue weighted by atomic mass is 32.2. The standard InChI is InChI=1S/C17H21NO4S/c1-11-16(17(20)22-8-9-23-3)13(10-15(19)18-11)12-6-4-5-7-14(12)21-2/h4-7,13H,8-10H2,1-3H3,(H,18,19)/t13-/m0/s1. The Labute approximate surface area is 140 Å². The van der Waals surface area contributed by atoms with Gasteiger partial charge in [-0.05, 0) is 19.2 Å². The van der Waals surface area contributed by atoms with Gasteiger partial charge in [0.25, 0.3) is 0 Å². The highest BCUT2D eigenvalue weighted by molar-refractivity contribution is 7.98. The van der Waals surface area contributed by atoms with Gasteiger partial charge in [-0.2, -0.15) is 11.8 Å². The summed E-state index contributed by atoms with van der Waals surface area (Å²) in [6.45, 7) is 2.08. The minimum atomic E-state index is -0.382. The first-order chi connectivity index (χ1) is 11.1. The molecule has 1 aliphatic heterocycles. The summed E-state index contributed by atoms with van der Waals surface area (Å²) in [5.41, 5.74) is 1.86. The Balaban J connectivity index is 2.36. The van der Waals surface area contributed by atoms with E-state index in [0.717, 1.165) is 11.3 Å². The molecule has 1 aliphatic rings. The van der Waals surface area contributed by atoms with Crippen molar-refractivity contribution in [1.82, 2.24) is 5.32 Å². The number of amides is 1. The number of para-hydroxylation sites is 1.